The van der Waals surface area contributed by atoms with Gasteiger partial charge in [-0.2, -0.15) is 0 Å². The fourth-order valence-corrected chi connectivity index (χ4v) is 7.50. The SMILES string of the molecule is Cn1c(N)c([C@@H]2c3ccccc3Oc3c2c(=O)n(C)c(=O)n3C)c(=O)n(C)c1=O.Cn1c(N)c([C@@H]2c3ccccc3Oc3c2c(=O)n(C)c(=O)n3C)c(=O)n(C)c1=O.O.O.O.O.O.O.O. The van der Waals surface area contributed by atoms with Gasteiger partial charge < -0.3 is 59.3 Å². The van der Waals surface area contributed by atoms with Gasteiger partial charge in [0.1, 0.15) is 23.1 Å². The van der Waals surface area contributed by atoms with Gasteiger partial charge in [0, 0.05) is 67.5 Å². The van der Waals surface area contributed by atoms with Crippen LogP contribution in [0.2, 0.25) is 0 Å². The quantitative estimate of drug-likeness (QED) is 0.163. The predicted octanol–water partition coefficient (Wildman–Crippen LogP) is -7.07. The number of para-hydroxylation sites is 2. The molecule has 0 amide bonds. The third-order valence-electron chi connectivity index (χ3n) is 10.8. The number of hydrogen-bond donors (Lipinski definition) is 2. The maximum atomic E-state index is 13.1. The largest absolute Gasteiger partial charge is 0.440 e. The minimum Gasteiger partial charge on any atom is -0.440 e. The number of fused-ring (bicyclic) bond motifs is 4. The van der Waals surface area contributed by atoms with Gasteiger partial charge in [0.25, 0.3) is 22.2 Å². The molecule has 27 heteroatoms. The van der Waals surface area contributed by atoms with E-state index in [-0.39, 0.29) is 84.0 Å². The molecule has 2 aliphatic heterocycles. The lowest BCUT2D eigenvalue weighted by Crippen LogP contribution is -2.44. The third kappa shape index (κ3) is 8.12. The minimum absolute atomic E-state index is 0. The summed E-state index contributed by atoms with van der Waals surface area (Å²) >= 11 is 0. The molecule has 2 aliphatic rings. The highest BCUT2D eigenvalue weighted by atomic mass is 16.5. The summed E-state index contributed by atoms with van der Waals surface area (Å²) in [6.45, 7) is 0. The first-order valence-electron chi connectivity index (χ1n) is 17.6. The van der Waals surface area contributed by atoms with E-state index in [0.717, 1.165) is 27.4 Å². The lowest BCUT2D eigenvalue weighted by Gasteiger charge is -2.29. The molecule has 8 rings (SSSR count). The monoisotopic (exact) mass is 920 g/mol. The normalized spacial score (nSPS) is 13.2. The molecule has 4 aromatic heterocycles. The number of ether oxygens (including phenoxy) is 2. The highest BCUT2D eigenvalue weighted by molar-refractivity contribution is 5.61. The van der Waals surface area contributed by atoms with Gasteiger partial charge in [-0.05, 0) is 12.1 Å². The number of rotatable bonds is 2. The second kappa shape index (κ2) is 20.1. The van der Waals surface area contributed by atoms with Crippen LogP contribution >= 0.6 is 0 Å². The van der Waals surface area contributed by atoms with Crippen molar-refractivity contribution in [2.24, 2.45) is 56.4 Å². The first-order valence-corrected chi connectivity index (χ1v) is 17.6. The van der Waals surface area contributed by atoms with Crippen molar-refractivity contribution in [1.29, 1.82) is 0 Å². The van der Waals surface area contributed by atoms with E-state index in [2.05, 4.69) is 0 Å². The summed E-state index contributed by atoms with van der Waals surface area (Å²) in [5, 5.41) is 0. The zero-order chi connectivity index (χ0) is 42.4. The maximum Gasteiger partial charge on any atom is 0.333 e. The van der Waals surface area contributed by atoms with Crippen molar-refractivity contribution in [1.82, 2.24) is 36.5 Å². The second-order valence-corrected chi connectivity index (χ2v) is 14.0. The van der Waals surface area contributed by atoms with Crippen molar-refractivity contribution in [2.45, 2.75) is 11.8 Å². The number of nitrogens with zero attached hydrogens (tertiary/aromatic N) is 8. The maximum absolute atomic E-state index is 13.1. The van der Waals surface area contributed by atoms with E-state index in [9.17, 15) is 38.4 Å². The Kier molecular flexibility index (Phi) is 17.6. The number of hydrogen-bond acceptors (Lipinski definition) is 12. The number of nitrogens with two attached hydrogens (primary N) is 2. The van der Waals surface area contributed by atoms with Gasteiger partial charge in [0.2, 0.25) is 11.8 Å². The molecule has 27 nitrogen and oxygen atoms in total. The summed E-state index contributed by atoms with van der Waals surface area (Å²) in [4.78, 5) is 102. The molecule has 0 bridgehead atoms. The fourth-order valence-electron chi connectivity index (χ4n) is 7.50. The zero-order valence-corrected chi connectivity index (χ0v) is 36.1. The Bertz CT molecular complexity index is 3020. The Morgan fingerprint density at radius 2 is 0.615 bits per heavy atom. The average Bonchev–Trinajstić information content (AvgIpc) is 3.23. The first-order chi connectivity index (χ1) is 27.3. The van der Waals surface area contributed by atoms with Crippen molar-refractivity contribution in [2.75, 3.05) is 11.5 Å². The summed E-state index contributed by atoms with van der Waals surface area (Å²) in [7, 11) is 11.3. The van der Waals surface area contributed by atoms with Crippen LogP contribution in [0.15, 0.2) is 86.9 Å². The number of anilines is 2. The van der Waals surface area contributed by atoms with E-state index in [1.54, 1.807) is 48.5 Å². The number of aromatic nitrogens is 8. The van der Waals surface area contributed by atoms with Gasteiger partial charge >= 0.3 is 22.8 Å². The molecule has 2 atom stereocenters. The van der Waals surface area contributed by atoms with Crippen molar-refractivity contribution in [3.05, 3.63) is 165 Å². The summed E-state index contributed by atoms with van der Waals surface area (Å²) in [6.07, 6.45) is 0. The molecule has 0 aliphatic carbocycles. The second-order valence-electron chi connectivity index (χ2n) is 14.0. The highest BCUT2D eigenvalue weighted by Gasteiger charge is 2.39. The lowest BCUT2D eigenvalue weighted by molar-refractivity contribution is 0.394. The van der Waals surface area contributed by atoms with Crippen LogP contribution in [0.3, 0.4) is 0 Å². The smallest absolute Gasteiger partial charge is 0.333 e. The van der Waals surface area contributed by atoms with Crippen LogP contribution in [0.1, 0.15) is 45.2 Å². The van der Waals surface area contributed by atoms with Crippen LogP contribution in [0.4, 0.5) is 11.6 Å². The molecule has 0 unspecified atom stereocenters. The highest BCUT2D eigenvalue weighted by Crippen LogP contribution is 2.46. The van der Waals surface area contributed by atoms with Gasteiger partial charge in [-0.1, -0.05) is 36.4 Å². The molecule has 0 spiro atoms. The molecule has 6 heterocycles. The topological polar surface area (TPSA) is 467 Å². The van der Waals surface area contributed by atoms with E-state index in [1.807, 2.05) is 0 Å². The molecule has 2 aromatic carbocycles. The third-order valence-corrected chi connectivity index (χ3v) is 10.8. The van der Waals surface area contributed by atoms with Crippen molar-refractivity contribution in [3.63, 3.8) is 0 Å². The number of benzene rings is 2. The van der Waals surface area contributed by atoms with Crippen LogP contribution in [0.25, 0.3) is 0 Å². The summed E-state index contributed by atoms with van der Waals surface area (Å²) in [6, 6.07) is 13.8. The van der Waals surface area contributed by atoms with Crippen molar-refractivity contribution in [3.8, 4) is 23.3 Å². The predicted molar refractivity (Wildman–Crippen MR) is 237 cm³/mol. The Labute approximate surface area is 363 Å². The van der Waals surface area contributed by atoms with Crippen LogP contribution in [-0.2, 0) is 56.4 Å². The zero-order valence-electron chi connectivity index (χ0n) is 36.1. The van der Waals surface area contributed by atoms with Crippen LogP contribution < -0.4 is 65.9 Å². The van der Waals surface area contributed by atoms with Gasteiger partial charge in [-0.3, -0.25) is 55.7 Å². The molecule has 0 saturated carbocycles. The van der Waals surface area contributed by atoms with Crippen LogP contribution in [0.5, 0.6) is 23.3 Å². The standard InChI is InChI=1S/2C19H19N5O5.7H2O/c2*1-21-14(20)12(15(25)22(2)18(21)27)11-9-7-5-6-8-10(9)29-17-13(11)16(26)23(3)19(28)24(17)4;;;;;;;/h2*5-8,11H,20H2,1-4H3;7*1H2/t2*11-;;;;;;;/m00......./s1. The molecule has 356 valence electrons. The summed E-state index contributed by atoms with van der Waals surface area (Å²) in [5.41, 5.74) is 9.10. The van der Waals surface area contributed by atoms with Gasteiger partial charge in [0.05, 0.1) is 34.1 Å². The molecule has 0 radical (unpaired) electrons. The Morgan fingerprint density at radius 1 is 0.369 bits per heavy atom. The molecule has 65 heavy (non-hydrogen) atoms. The Hall–Kier alpha value is -7.92. The fraction of sp³-hybridized carbons (Fsp3) is 0.263. The van der Waals surface area contributed by atoms with Gasteiger partial charge in [-0.25, -0.2) is 19.2 Å². The van der Waals surface area contributed by atoms with Gasteiger partial charge in [-0.15, -0.1) is 0 Å². The van der Waals surface area contributed by atoms with E-state index in [0.29, 0.717) is 22.6 Å². The molecule has 18 N–H and O–H groups in total. The molecule has 0 fully saturated rings. The van der Waals surface area contributed by atoms with Crippen molar-refractivity contribution < 1.29 is 47.8 Å². The molecular formula is C38H52N10O17. The molecule has 6 aromatic rings. The van der Waals surface area contributed by atoms with E-state index >= 15 is 0 Å². The van der Waals surface area contributed by atoms with E-state index in [1.165, 1.54) is 65.5 Å². The molecule has 0 saturated heterocycles. The summed E-state index contributed by atoms with van der Waals surface area (Å²) in [5.74, 6) is -1.07. The Balaban J connectivity index is 0.00000114. The lowest BCUT2D eigenvalue weighted by atomic mass is 9.84. The summed E-state index contributed by atoms with van der Waals surface area (Å²) < 4.78 is 20.3. The van der Waals surface area contributed by atoms with Crippen LogP contribution in [-0.4, -0.2) is 74.9 Å². The Morgan fingerprint density at radius 3 is 0.908 bits per heavy atom. The number of nitrogen functional groups attached to an aromatic ring is 2. The van der Waals surface area contributed by atoms with E-state index < -0.39 is 56.8 Å². The molecular weight excluding hydrogens is 868 g/mol. The first kappa shape index (κ1) is 57.1. The van der Waals surface area contributed by atoms with Crippen LogP contribution in [0, 0.1) is 0 Å². The minimum atomic E-state index is -0.911. The van der Waals surface area contributed by atoms with E-state index in [4.69, 9.17) is 20.9 Å². The van der Waals surface area contributed by atoms with Crippen molar-refractivity contribution >= 4 is 11.6 Å². The van der Waals surface area contributed by atoms with Gasteiger partial charge in [0.15, 0.2) is 0 Å². The average molecular weight is 921 g/mol.